The van der Waals surface area contributed by atoms with Crippen LogP contribution in [0.1, 0.15) is 69.5 Å². The van der Waals surface area contributed by atoms with Crippen molar-refractivity contribution in [2.24, 2.45) is 11.7 Å². The van der Waals surface area contributed by atoms with Gasteiger partial charge < -0.3 is 16.2 Å². The fraction of sp³-hybridized carbons (Fsp3) is 0.267. The minimum Gasteiger partial charge on any atom is -0.386 e. The number of carbonyl (C=O) groups excluding carboxylic acids is 2. The van der Waals surface area contributed by atoms with E-state index in [0.717, 1.165) is 22.9 Å². The number of pyridine rings is 1. The van der Waals surface area contributed by atoms with E-state index in [-0.39, 0.29) is 46.3 Å². The van der Waals surface area contributed by atoms with Crippen molar-refractivity contribution in [3.05, 3.63) is 106 Å². The molecule has 0 saturated heterocycles. The first-order valence-electron chi connectivity index (χ1n) is 13.4. The molecule has 8 nitrogen and oxygen atoms in total. The van der Waals surface area contributed by atoms with Crippen LogP contribution in [0.5, 0.6) is 0 Å². The van der Waals surface area contributed by atoms with Crippen LogP contribution in [0.15, 0.2) is 54.7 Å². The Morgan fingerprint density at radius 1 is 1.09 bits per heavy atom. The monoisotopic (exact) mass is 597 g/mol. The van der Waals surface area contributed by atoms with Gasteiger partial charge in [-0.1, -0.05) is 12.1 Å². The number of aromatic nitrogens is 3. The van der Waals surface area contributed by atoms with Crippen LogP contribution < -0.4 is 11.1 Å². The molecule has 4 unspecified atom stereocenters. The number of aliphatic hydroxyl groups excluding tert-OH is 1. The van der Waals surface area contributed by atoms with Crippen molar-refractivity contribution in [2.45, 2.75) is 43.9 Å². The van der Waals surface area contributed by atoms with Gasteiger partial charge in [-0.2, -0.15) is 5.10 Å². The lowest BCUT2D eigenvalue weighted by Crippen LogP contribution is -2.34. The number of alkyl halides is 2. The minimum absolute atomic E-state index is 0.140. The average molecular weight is 598 g/mol. The van der Waals surface area contributed by atoms with Crippen molar-refractivity contribution >= 4 is 11.8 Å². The molecule has 2 aromatic carbocycles. The molecule has 0 radical (unpaired) electrons. The molecule has 4 aromatic rings. The van der Waals surface area contributed by atoms with E-state index >= 15 is 0 Å². The molecule has 1 saturated carbocycles. The molecule has 4 N–H and O–H groups in total. The van der Waals surface area contributed by atoms with Crippen molar-refractivity contribution in [2.75, 3.05) is 0 Å². The molecule has 13 heteroatoms. The maximum Gasteiger partial charge on any atom is 0.280 e. The molecule has 6 rings (SSSR count). The number of primary amides is 1. The highest BCUT2D eigenvalue weighted by Gasteiger charge is 2.56. The van der Waals surface area contributed by atoms with E-state index in [4.69, 9.17) is 5.73 Å². The van der Waals surface area contributed by atoms with Gasteiger partial charge in [-0.3, -0.25) is 19.3 Å². The fourth-order valence-corrected chi connectivity index (χ4v) is 5.93. The van der Waals surface area contributed by atoms with E-state index in [1.807, 2.05) is 0 Å². The van der Waals surface area contributed by atoms with Crippen molar-refractivity contribution in [1.29, 1.82) is 0 Å². The smallest absolute Gasteiger partial charge is 0.280 e. The predicted octanol–water partition coefficient (Wildman–Crippen LogP) is 4.65. The Balaban J connectivity index is 1.36. The quantitative estimate of drug-likeness (QED) is 0.243. The second-order valence-corrected chi connectivity index (χ2v) is 10.7. The van der Waals surface area contributed by atoms with Crippen LogP contribution in [-0.4, -0.2) is 31.7 Å². The van der Waals surface area contributed by atoms with Crippen LogP contribution in [0, 0.1) is 23.4 Å². The summed E-state index contributed by atoms with van der Waals surface area (Å²) in [7, 11) is 0. The van der Waals surface area contributed by atoms with Crippen molar-refractivity contribution in [3.63, 3.8) is 0 Å². The number of carbonyl (C=O) groups is 2. The Labute approximate surface area is 241 Å². The van der Waals surface area contributed by atoms with Gasteiger partial charge in [-0.25, -0.2) is 22.0 Å². The molecule has 2 aliphatic carbocycles. The summed E-state index contributed by atoms with van der Waals surface area (Å²) in [5.74, 6) is -4.68. The highest BCUT2D eigenvalue weighted by Crippen LogP contribution is 2.63. The van der Waals surface area contributed by atoms with Crippen LogP contribution in [0.4, 0.5) is 22.0 Å². The largest absolute Gasteiger partial charge is 0.386 e. The van der Waals surface area contributed by atoms with E-state index in [2.05, 4.69) is 15.4 Å². The number of nitrogens with one attached hydrogen (secondary N) is 1. The Hall–Kier alpha value is -4.65. The van der Waals surface area contributed by atoms with Crippen LogP contribution >= 0.6 is 0 Å². The Bertz CT molecular complexity index is 1740. The first-order chi connectivity index (χ1) is 20.5. The summed E-state index contributed by atoms with van der Waals surface area (Å²) in [6, 6.07) is 8.56. The fourth-order valence-electron chi connectivity index (χ4n) is 5.93. The zero-order chi connectivity index (χ0) is 30.6. The van der Waals surface area contributed by atoms with Crippen LogP contribution in [-0.2, 0) is 17.8 Å². The number of nitrogens with zero attached hydrogens (tertiary/aromatic N) is 3. The van der Waals surface area contributed by atoms with E-state index < -0.39 is 60.1 Å². The third-order valence-electron chi connectivity index (χ3n) is 7.86. The summed E-state index contributed by atoms with van der Waals surface area (Å²) < 4.78 is 71.5. The summed E-state index contributed by atoms with van der Waals surface area (Å²) in [4.78, 5) is 29.5. The molecule has 1 fully saturated rings. The standard InChI is InChI=1S/C30H24F5N5O3/c31-15-6-13(7-16(32)10-15)8-22(25-17(2-1-5-37-25)14-3-4-21(33)20(9-14)30(36)43)38-23(41)12-40-27(29(34)35)24-18-11-19(18)28(42)26(24)39-40/h1-7,9-10,18-19,22,28-29,42H,8,11-12H2,(H2,36,43)(H,38,41). The molecule has 0 aliphatic heterocycles. The van der Waals surface area contributed by atoms with E-state index in [9.17, 15) is 36.6 Å². The van der Waals surface area contributed by atoms with Gasteiger partial charge in [0.25, 0.3) is 12.3 Å². The maximum absolute atomic E-state index is 14.2. The Morgan fingerprint density at radius 2 is 1.84 bits per heavy atom. The van der Waals surface area contributed by atoms with Gasteiger partial charge in [-0.05, 0) is 66.1 Å². The summed E-state index contributed by atoms with van der Waals surface area (Å²) >= 11 is 0. The van der Waals surface area contributed by atoms with E-state index in [0.29, 0.717) is 23.6 Å². The average Bonchev–Trinajstić information content (AvgIpc) is 3.57. The number of hydrogen-bond acceptors (Lipinski definition) is 5. The molecular weight excluding hydrogens is 573 g/mol. The van der Waals surface area contributed by atoms with Gasteiger partial charge >= 0.3 is 0 Å². The predicted molar refractivity (Wildman–Crippen MR) is 142 cm³/mol. The van der Waals surface area contributed by atoms with Gasteiger partial charge in [0.2, 0.25) is 5.91 Å². The van der Waals surface area contributed by atoms with Gasteiger partial charge in [0.15, 0.2) is 0 Å². The lowest BCUT2D eigenvalue weighted by atomic mass is 9.94. The number of aliphatic hydroxyl groups is 1. The van der Waals surface area contributed by atoms with Crippen molar-refractivity contribution in [3.8, 4) is 11.1 Å². The van der Waals surface area contributed by atoms with Gasteiger partial charge in [0.1, 0.15) is 35.8 Å². The van der Waals surface area contributed by atoms with Crippen LogP contribution in [0.3, 0.4) is 0 Å². The lowest BCUT2D eigenvalue weighted by Gasteiger charge is -2.22. The first-order valence-corrected chi connectivity index (χ1v) is 13.4. The SMILES string of the molecule is NC(=O)c1cc(-c2cccnc2C(Cc2cc(F)cc(F)c2)NC(=O)Cn2nc3c(c2C(F)F)C2CC2C3O)ccc1F. The number of amides is 2. The number of nitrogens with two attached hydrogens (primary N) is 1. The summed E-state index contributed by atoms with van der Waals surface area (Å²) in [6.45, 7) is -0.630. The number of rotatable bonds is 9. The van der Waals surface area contributed by atoms with Crippen LogP contribution in [0.2, 0.25) is 0 Å². The topological polar surface area (TPSA) is 123 Å². The Kier molecular flexibility index (Phi) is 7.20. The first kappa shape index (κ1) is 28.5. The van der Waals surface area contributed by atoms with Gasteiger partial charge in [0, 0.05) is 23.4 Å². The van der Waals surface area contributed by atoms with Crippen molar-refractivity contribution < 1.29 is 36.6 Å². The number of benzene rings is 2. The molecule has 2 aliphatic rings. The lowest BCUT2D eigenvalue weighted by molar-refractivity contribution is -0.122. The summed E-state index contributed by atoms with van der Waals surface area (Å²) in [5, 5.41) is 17.3. The molecule has 43 heavy (non-hydrogen) atoms. The molecule has 2 amide bonds. The molecule has 0 spiro atoms. The zero-order valence-electron chi connectivity index (χ0n) is 22.3. The number of fused-ring (bicyclic) bond motifs is 3. The summed E-state index contributed by atoms with van der Waals surface area (Å²) in [5.41, 5.74) is 5.93. The molecule has 2 aromatic heterocycles. The molecule has 222 valence electrons. The van der Waals surface area contributed by atoms with E-state index in [1.54, 1.807) is 12.1 Å². The van der Waals surface area contributed by atoms with E-state index in [1.165, 1.54) is 18.3 Å². The minimum atomic E-state index is -2.94. The highest BCUT2D eigenvalue weighted by molar-refractivity contribution is 5.94. The molecule has 2 heterocycles. The summed E-state index contributed by atoms with van der Waals surface area (Å²) in [6.07, 6.45) is -2.12. The third-order valence-corrected chi connectivity index (χ3v) is 7.86. The zero-order valence-corrected chi connectivity index (χ0v) is 22.3. The normalized spacial score (nSPS) is 19.2. The third kappa shape index (κ3) is 5.36. The van der Waals surface area contributed by atoms with Crippen LogP contribution in [0.25, 0.3) is 11.1 Å². The molecular formula is C30H24F5N5O3. The maximum atomic E-state index is 14.2. The van der Waals surface area contributed by atoms with Crippen molar-refractivity contribution in [1.82, 2.24) is 20.1 Å². The van der Waals surface area contributed by atoms with Gasteiger partial charge in [-0.15, -0.1) is 0 Å². The molecule has 4 atom stereocenters. The second-order valence-electron chi connectivity index (χ2n) is 10.7. The number of hydrogen-bond donors (Lipinski definition) is 3. The van der Waals surface area contributed by atoms with Gasteiger partial charge in [0.05, 0.1) is 23.0 Å². The Morgan fingerprint density at radius 3 is 2.53 bits per heavy atom. The highest BCUT2D eigenvalue weighted by atomic mass is 19.3. The second kappa shape index (κ2) is 10.9. The number of halogens is 5. The molecule has 0 bridgehead atoms.